The minimum atomic E-state index is 0.110. The predicted octanol–water partition coefficient (Wildman–Crippen LogP) is 7.33. The molecule has 0 radical (unpaired) electrons. The van der Waals surface area contributed by atoms with E-state index in [0.29, 0.717) is 5.57 Å². The average molecular weight is 386 g/mol. The highest BCUT2D eigenvalue weighted by Gasteiger charge is 2.13. The van der Waals surface area contributed by atoms with Crippen LogP contribution in [-0.2, 0) is 11.2 Å². The fourth-order valence-corrected chi connectivity index (χ4v) is 3.64. The molecular formula is C26H43NO. The van der Waals surface area contributed by atoms with Crippen LogP contribution in [0.3, 0.4) is 0 Å². The Kier molecular flexibility index (Phi) is 14.3. The molecule has 158 valence electrons. The Balaban J connectivity index is 2.12. The van der Waals surface area contributed by atoms with Crippen LogP contribution < -0.4 is 0 Å². The molecule has 1 aromatic rings. The summed E-state index contributed by atoms with van der Waals surface area (Å²) in [4.78, 5) is 14.4. The molecule has 0 aromatic heterocycles. The molecular weight excluding hydrogens is 342 g/mol. The molecule has 2 heteroatoms. The van der Waals surface area contributed by atoms with Gasteiger partial charge in [-0.25, -0.2) is 0 Å². The molecule has 2 nitrogen and oxygen atoms in total. The smallest absolute Gasteiger partial charge is 0.248 e. The maximum atomic E-state index is 12.4. The minimum absolute atomic E-state index is 0.110. The molecule has 0 aliphatic heterocycles. The van der Waals surface area contributed by atoms with Gasteiger partial charge in [0.1, 0.15) is 0 Å². The lowest BCUT2D eigenvalue weighted by molar-refractivity contribution is -0.127. The van der Waals surface area contributed by atoms with Crippen LogP contribution in [0.5, 0.6) is 0 Å². The first-order valence-electron chi connectivity index (χ1n) is 11.6. The molecule has 0 saturated heterocycles. The summed E-state index contributed by atoms with van der Waals surface area (Å²) in [5.74, 6) is 0.110. The molecule has 0 atom stereocenters. The van der Waals surface area contributed by atoms with Crippen molar-refractivity contribution in [3.05, 3.63) is 48.0 Å². The second-order valence-corrected chi connectivity index (χ2v) is 8.20. The van der Waals surface area contributed by atoms with Gasteiger partial charge in [0, 0.05) is 18.7 Å². The van der Waals surface area contributed by atoms with E-state index in [4.69, 9.17) is 0 Å². The number of hydrogen-bond donors (Lipinski definition) is 0. The van der Waals surface area contributed by atoms with Gasteiger partial charge in [-0.3, -0.25) is 4.79 Å². The number of amides is 1. The van der Waals surface area contributed by atoms with Gasteiger partial charge in [0.25, 0.3) is 0 Å². The largest absolute Gasteiger partial charge is 0.339 e. The third-order valence-electron chi connectivity index (χ3n) is 5.45. The number of carbonyl (C=O) groups excluding carboxylic acids is 1. The van der Waals surface area contributed by atoms with E-state index in [1.54, 1.807) is 0 Å². The van der Waals surface area contributed by atoms with Crippen molar-refractivity contribution in [3.63, 3.8) is 0 Å². The van der Waals surface area contributed by atoms with E-state index in [0.717, 1.165) is 25.9 Å². The summed E-state index contributed by atoms with van der Waals surface area (Å²) in [5, 5.41) is 0. The molecule has 0 unspecified atom stereocenters. The van der Waals surface area contributed by atoms with E-state index in [-0.39, 0.29) is 5.91 Å². The van der Waals surface area contributed by atoms with Gasteiger partial charge < -0.3 is 4.90 Å². The highest BCUT2D eigenvalue weighted by Crippen LogP contribution is 2.13. The van der Waals surface area contributed by atoms with Crippen molar-refractivity contribution in [1.82, 2.24) is 4.90 Å². The number of nitrogens with zero attached hydrogens (tertiary/aromatic N) is 1. The van der Waals surface area contributed by atoms with Crippen LogP contribution in [0.4, 0.5) is 0 Å². The zero-order chi connectivity index (χ0) is 20.5. The lowest BCUT2D eigenvalue weighted by Crippen LogP contribution is -2.34. The molecule has 0 bridgehead atoms. The summed E-state index contributed by atoms with van der Waals surface area (Å²) in [7, 11) is 0. The molecule has 0 aliphatic rings. The molecule has 1 rings (SSSR count). The van der Waals surface area contributed by atoms with Gasteiger partial charge in [-0.15, -0.1) is 0 Å². The van der Waals surface area contributed by atoms with Gasteiger partial charge in [-0.05, 0) is 25.3 Å². The highest BCUT2D eigenvalue weighted by molar-refractivity contribution is 5.92. The summed E-state index contributed by atoms with van der Waals surface area (Å²) in [6.07, 6.45) is 17.0. The van der Waals surface area contributed by atoms with Crippen molar-refractivity contribution >= 4 is 5.91 Å². The van der Waals surface area contributed by atoms with Crippen molar-refractivity contribution in [1.29, 1.82) is 0 Å². The van der Waals surface area contributed by atoms with Crippen molar-refractivity contribution in [3.8, 4) is 0 Å². The van der Waals surface area contributed by atoms with Gasteiger partial charge in [0.15, 0.2) is 0 Å². The van der Waals surface area contributed by atoms with Crippen molar-refractivity contribution in [2.45, 2.75) is 97.3 Å². The monoisotopic (exact) mass is 385 g/mol. The molecule has 0 heterocycles. The Hall–Kier alpha value is -1.57. The third kappa shape index (κ3) is 12.0. The Bertz CT molecular complexity index is 522. The van der Waals surface area contributed by atoms with Crippen LogP contribution in [0.15, 0.2) is 42.5 Å². The summed E-state index contributed by atoms with van der Waals surface area (Å²) in [6, 6.07) is 10.4. The summed E-state index contributed by atoms with van der Waals surface area (Å²) in [6.45, 7) is 9.59. The van der Waals surface area contributed by atoms with Gasteiger partial charge in [-0.1, -0.05) is 114 Å². The number of carbonyl (C=O) groups is 1. The molecule has 0 fully saturated rings. The Morgan fingerprint density at radius 3 is 1.79 bits per heavy atom. The molecule has 1 amide bonds. The average Bonchev–Trinajstić information content (AvgIpc) is 2.71. The fraction of sp³-hybridized carbons (Fsp3) is 0.654. The van der Waals surface area contributed by atoms with Gasteiger partial charge in [0.05, 0.1) is 0 Å². The third-order valence-corrected chi connectivity index (χ3v) is 5.45. The maximum absolute atomic E-state index is 12.4. The minimum Gasteiger partial charge on any atom is -0.339 e. The van der Waals surface area contributed by atoms with Crippen LogP contribution in [0.1, 0.15) is 96.5 Å². The predicted molar refractivity (Wildman–Crippen MR) is 123 cm³/mol. The first-order valence-corrected chi connectivity index (χ1v) is 11.6. The summed E-state index contributed by atoms with van der Waals surface area (Å²) >= 11 is 0. The Labute approximate surface area is 174 Å². The van der Waals surface area contributed by atoms with E-state index >= 15 is 0 Å². The zero-order valence-electron chi connectivity index (χ0n) is 18.6. The van der Waals surface area contributed by atoms with Crippen LogP contribution >= 0.6 is 0 Å². The number of unbranched alkanes of at least 4 members (excludes halogenated alkanes) is 11. The summed E-state index contributed by atoms with van der Waals surface area (Å²) in [5.41, 5.74) is 1.93. The Morgan fingerprint density at radius 2 is 1.29 bits per heavy atom. The summed E-state index contributed by atoms with van der Waals surface area (Å²) < 4.78 is 0. The molecule has 28 heavy (non-hydrogen) atoms. The van der Waals surface area contributed by atoms with E-state index in [1.807, 2.05) is 17.9 Å². The fourth-order valence-electron chi connectivity index (χ4n) is 3.64. The highest BCUT2D eigenvalue weighted by atomic mass is 16.2. The van der Waals surface area contributed by atoms with Gasteiger partial charge in [-0.2, -0.15) is 0 Å². The van der Waals surface area contributed by atoms with Gasteiger partial charge in [0.2, 0.25) is 5.91 Å². The number of benzene rings is 1. The van der Waals surface area contributed by atoms with Crippen LogP contribution in [0, 0.1) is 0 Å². The zero-order valence-corrected chi connectivity index (χ0v) is 18.6. The molecule has 1 aromatic carbocycles. The lowest BCUT2D eigenvalue weighted by atomic mass is 10.1. The van der Waals surface area contributed by atoms with E-state index in [1.165, 1.54) is 76.2 Å². The van der Waals surface area contributed by atoms with Crippen molar-refractivity contribution in [2.24, 2.45) is 0 Å². The lowest BCUT2D eigenvalue weighted by Gasteiger charge is -2.23. The normalized spacial score (nSPS) is 10.8. The van der Waals surface area contributed by atoms with E-state index in [2.05, 4.69) is 37.8 Å². The second kappa shape index (κ2) is 16.4. The van der Waals surface area contributed by atoms with Crippen LogP contribution in [-0.4, -0.2) is 23.9 Å². The first kappa shape index (κ1) is 24.5. The van der Waals surface area contributed by atoms with Crippen molar-refractivity contribution in [2.75, 3.05) is 13.1 Å². The maximum Gasteiger partial charge on any atom is 0.248 e. The quantitative estimate of drug-likeness (QED) is 0.203. The number of rotatable bonds is 17. The van der Waals surface area contributed by atoms with Crippen molar-refractivity contribution < 1.29 is 4.79 Å². The van der Waals surface area contributed by atoms with Gasteiger partial charge >= 0.3 is 0 Å². The molecule has 0 saturated carbocycles. The van der Waals surface area contributed by atoms with E-state index in [9.17, 15) is 4.79 Å². The van der Waals surface area contributed by atoms with Crippen LogP contribution in [0.2, 0.25) is 0 Å². The standard InChI is InChI=1S/C26H43NO/c1-4-5-6-7-8-9-10-11-12-13-14-18-22-27(26(28)24(2)3)23-21-25-19-16-15-17-20-25/h15-17,19-20H,2,4-14,18,21-23H2,1,3H3. The molecule has 0 N–H and O–H groups in total. The van der Waals surface area contributed by atoms with E-state index < -0.39 is 0 Å². The Morgan fingerprint density at radius 1 is 0.786 bits per heavy atom. The number of hydrogen-bond acceptors (Lipinski definition) is 1. The molecule has 0 spiro atoms. The van der Waals surface area contributed by atoms with Crippen LogP contribution in [0.25, 0.3) is 0 Å². The molecule has 0 aliphatic carbocycles. The second-order valence-electron chi connectivity index (χ2n) is 8.20. The first-order chi connectivity index (χ1) is 13.6. The SMILES string of the molecule is C=C(C)C(=O)N(CCCCCCCCCCCCCC)CCc1ccccc1. The topological polar surface area (TPSA) is 20.3 Å².